The Morgan fingerprint density at radius 3 is 2.45 bits per heavy atom. The van der Waals surface area contributed by atoms with Crippen LogP contribution in [0.5, 0.6) is 0 Å². The summed E-state index contributed by atoms with van der Waals surface area (Å²) >= 11 is 6.02. The van der Waals surface area contributed by atoms with Crippen LogP contribution < -0.4 is 0 Å². The van der Waals surface area contributed by atoms with Gasteiger partial charge < -0.3 is 14.0 Å². The SMILES string of the molecule is CCOC(=O)C1CCN(C(=O)C(=O)c2c(-c3ccc(Cl)cc3)cc3ccccn23)CC1. The van der Waals surface area contributed by atoms with Gasteiger partial charge in [-0.1, -0.05) is 29.8 Å². The quantitative estimate of drug-likeness (QED) is 0.339. The maximum Gasteiger partial charge on any atom is 0.309 e. The summed E-state index contributed by atoms with van der Waals surface area (Å²) in [5.74, 6) is -1.58. The van der Waals surface area contributed by atoms with E-state index >= 15 is 0 Å². The number of piperidine rings is 1. The third-order valence-corrected chi connectivity index (χ3v) is 5.90. The normalized spacial score (nSPS) is 14.6. The number of fused-ring (bicyclic) bond motifs is 1. The van der Waals surface area contributed by atoms with Gasteiger partial charge in [-0.25, -0.2) is 0 Å². The minimum Gasteiger partial charge on any atom is -0.466 e. The highest BCUT2D eigenvalue weighted by atomic mass is 35.5. The van der Waals surface area contributed by atoms with Crippen molar-refractivity contribution in [1.82, 2.24) is 9.30 Å². The van der Waals surface area contributed by atoms with Crippen molar-refractivity contribution in [1.29, 1.82) is 0 Å². The highest BCUT2D eigenvalue weighted by Crippen LogP contribution is 2.30. The van der Waals surface area contributed by atoms with Crippen LogP contribution in [0.3, 0.4) is 0 Å². The molecule has 4 rings (SSSR count). The van der Waals surface area contributed by atoms with Crippen LogP contribution in [0.2, 0.25) is 5.02 Å². The lowest BCUT2D eigenvalue weighted by Gasteiger charge is -2.30. The lowest BCUT2D eigenvalue weighted by Crippen LogP contribution is -2.44. The number of hydrogen-bond acceptors (Lipinski definition) is 4. The first-order chi connectivity index (χ1) is 15.0. The third-order valence-electron chi connectivity index (χ3n) is 5.65. The van der Waals surface area contributed by atoms with Gasteiger partial charge in [-0.05, 0) is 55.7 Å². The summed E-state index contributed by atoms with van der Waals surface area (Å²) in [4.78, 5) is 40.0. The first kappa shape index (κ1) is 21.1. The zero-order valence-electron chi connectivity index (χ0n) is 17.2. The minimum atomic E-state index is -0.564. The van der Waals surface area contributed by atoms with Gasteiger partial charge in [-0.3, -0.25) is 14.4 Å². The molecule has 0 unspecified atom stereocenters. The van der Waals surface area contributed by atoms with Crippen molar-refractivity contribution >= 4 is 34.8 Å². The molecule has 6 nitrogen and oxygen atoms in total. The molecule has 1 fully saturated rings. The Hall–Kier alpha value is -3.12. The van der Waals surface area contributed by atoms with Crippen molar-refractivity contribution < 1.29 is 19.1 Å². The van der Waals surface area contributed by atoms with Crippen molar-refractivity contribution in [2.45, 2.75) is 19.8 Å². The van der Waals surface area contributed by atoms with E-state index in [2.05, 4.69) is 0 Å². The standard InChI is InChI=1S/C24H23ClN2O4/c1-2-31-24(30)17-10-13-26(14-11-17)23(29)22(28)21-20(16-6-8-18(25)9-7-16)15-19-5-3-4-12-27(19)21/h3-9,12,15,17H,2,10-11,13-14H2,1H3. The number of esters is 1. The number of nitrogens with zero attached hydrogens (tertiary/aromatic N) is 2. The van der Waals surface area contributed by atoms with Crippen molar-refractivity contribution in [3.63, 3.8) is 0 Å². The van der Waals surface area contributed by atoms with E-state index in [1.54, 1.807) is 29.7 Å². The van der Waals surface area contributed by atoms with Crippen LogP contribution in [0, 0.1) is 5.92 Å². The van der Waals surface area contributed by atoms with Crippen molar-refractivity contribution in [2.75, 3.05) is 19.7 Å². The zero-order valence-corrected chi connectivity index (χ0v) is 18.0. The average molecular weight is 439 g/mol. The van der Waals surface area contributed by atoms with Crippen LogP contribution >= 0.6 is 11.6 Å². The topological polar surface area (TPSA) is 68.1 Å². The predicted octanol–water partition coefficient (Wildman–Crippen LogP) is 4.24. The Kier molecular flexibility index (Phi) is 6.09. The van der Waals surface area contributed by atoms with E-state index in [-0.39, 0.29) is 11.9 Å². The van der Waals surface area contributed by atoms with E-state index in [4.69, 9.17) is 16.3 Å². The van der Waals surface area contributed by atoms with Gasteiger partial charge >= 0.3 is 5.97 Å². The highest BCUT2D eigenvalue weighted by molar-refractivity contribution is 6.43. The lowest BCUT2D eigenvalue weighted by molar-refractivity contribution is -0.150. The summed E-state index contributed by atoms with van der Waals surface area (Å²) in [7, 11) is 0. The molecule has 1 aliphatic heterocycles. The number of hydrogen-bond donors (Lipinski definition) is 0. The van der Waals surface area contributed by atoms with Gasteiger partial charge in [0.1, 0.15) is 5.69 Å². The third kappa shape index (κ3) is 4.21. The van der Waals surface area contributed by atoms with E-state index in [1.165, 1.54) is 4.90 Å². The molecule has 0 atom stereocenters. The fraction of sp³-hybridized carbons (Fsp3) is 0.292. The molecule has 1 amide bonds. The second kappa shape index (κ2) is 8.94. The van der Waals surface area contributed by atoms with E-state index in [9.17, 15) is 14.4 Å². The maximum absolute atomic E-state index is 13.4. The lowest BCUT2D eigenvalue weighted by atomic mass is 9.96. The number of pyridine rings is 1. The minimum absolute atomic E-state index is 0.224. The van der Waals surface area contributed by atoms with Gasteiger partial charge in [-0.2, -0.15) is 0 Å². The fourth-order valence-electron chi connectivity index (χ4n) is 4.03. The molecule has 0 N–H and O–H groups in total. The summed E-state index contributed by atoms with van der Waals surface area (Å²) in [6.07, 6.45) is 2.77. The Balaban J connectivity index is 1.62. The molecule has 1 saturated heterocycles. The number of aromatic nitrogens is 1. The molecule has 0 spiro atoms. The second-order valence-corrected chi connectivity index (χ2v) is 7.99. The summed E-state index contributed by atoms with van der Waals surface area (Å²) in [6, 6.07) is 14.7. The number of carbonyl (C=O) groups is 3. The number of ether oxygens (including phenoxy) is 1. The summed E-state index contributed by atoms with van der Waals surface area (Å²) in [5, 5.41) is 0.598. The Bertz CT molecular complexity index is 1130. The fourth-order valence-corrected chi connectivity index (χ4v) is 4.15. The van der Waals surface area contributed by atoms with Crippen LogP contribution in [0.15, 0.2) is 54.7 Å². The van der Waals surface area contributed by atoms with Gasteiger partial charge in [-0.15, -0.1) is 0 Å². The number of Topliss-reactive ketones (excluding diaryl/α,β-unsaturated/α-hetero) is 1. The molecule has 1 aliphatic rings. The van der Waals surface area contributed by atoms with E-state index < -0.39 is 11.7 Å². The van der Waals surface area contributed by atoms with Crippen LogP contribution in [-0.4, -0.2) is 46.7 Å². The monoisotopic (exact) mass is 438 g/mol. The van der Waals surface area contributed by atoms with Gasteiger partial charge in [0.15, 0.2) is 0 Å². The molecule has 3 aromatic rings. The second-order valence-electron chi connectivity index (χ2n) is 7.56. The predicted molar refractivity (Wildman–Crippen MR) is 118 cm³/mol. The molecule has 7 heteroatoms. The number of ketones is 1. The number of benzene rings is 1. The molecule has 0 radical (unpaired) electrons. The van der Waals surface area contributed by atoms with Crippen LogP contribution in [-0.2, 0) is 14.3 Å². The molecule has 160 valence electrons. The van der Waals surface area contributed by atoms with Crippen molar-refractivity contribution in [3.05, 3.63) is 65.4 Å². The smallest absolute Gasteiger partial charge is 0.309 e. The Labute approximate surface area is 185 Å². The summed E-state index contributed by atoms with van der Waals surface area (Å²) in [5.41, 5.74) is 2.65. The number of amides is 1. The maximum atomic E-state index is 13.4. The number of halogens is 1. The van der Waals surface area contributed by atoms with E-state index in [1.807, 2.05) is 36.4 Å². The highest BCUT2D eigenvalue weighted by Gasteiger charge is 2.33. The van der Waals surface area contributed by atoms with Gasteiger partial charge in [0.2, 0.25) is 0 Å². The number of likely N-dealkylation sites (tertiary alicyclic amines) is 1. The molecule has 2 aromatic heterocycles. The molecule has 0 saturated carbocycles. The molecule has 1 aromatic carbocycles. The van der Waals surface area contributed by atoms with E-state index in [0.29, 0.717) is 48.8 Å². The van der Waals surface area contributed by atoms with Gasteiger partial charge in [0.25, 0.3) is 11.7 Å². The Morgan fingerprint density at radius 1 is 1.06 bits per heavy atom. The van der Waals surface area contributed by atoms with Crippen LogP contribution in [0.4, 0.5) is 0 Å². The first-order valence-electron chi connectivity index (χ1n) is 10.4. The largest absolute Gasteiger partial charge is 0.466 e. The van der Waals surface area contributed by atoms with Gasteiger partial charge in [0, 0.05) is 35.4 Å². The zero-order chi connectivity index (χ0) is 22.0. The number of rotatable bonds is 5. The first-order valence-corrected chi connectivity index (χ1v) is 10.7. The Morgan fingerprint density at radius 2 is 1.77 bits per heavy atom. The number of carbonyl (C=O) groups excluding carboxylic acids is 3. The summed E-state index contributed by atoms with van der Waals surface area (Å²) < 4.78 is 6.83. The molecule has 0 aliphatic carbocycles. The van der Waals surface area contributed by atoms with Crippen molar-refractivity contribution in [2.24, 2.45) is 5.92 Å². The van der Waals surface area contributed by atoms with E-state index in [0.717, 1.165) is 11.1 Å². The molecule has 31 heavy (non-hydrogen) atoms. The van der Waals surface area contributed by atoms with Crippen LogP contribution in [0.25, 0.3) is 16.6 Å². The average Bonchev–Trinajstić information content (AvgIpc) is 3.18. The van der Waals surface area contributed by atoms with Gasteiger partial charge in [0.05, 0.1) is 12.5 Å². The molecular weight excluding hydrogens is 416 g/mol. The molecule has 0 bridgehead atoms. The molecular formula is C24H23ClN2O4. The summed E-state index contributed by atoms with van der Waals surface area (Å²) in [6.45, 7) is 2.82. The van der Waals surface area contributed by atoms with Crippen molar-refractivity contribution in [3.8, 4) is 11.1 Å². The molecule has 3 heterocycles. The van der Waals surface area contributed by atoms with Crippen LogP contribution in [0.1, 0.15) is 30.3 Å².